The molecule has 2 rings (SSSR count). The van der Waals surface area contributed by atoms with Crippen molar-refractivity contribution >= 4 is 5.84 Å². The van der Waals surface area contributed by atoms with Gasteiger partial charge in [0.25, 0.3) is 5.54 Å². The molecule has 0 aliphatic carbocycles. The Morgan fingerprint density at radius 1 is 0.683 bits per heavy atom. The second kappa shape index (κ2) is 26.3. The van der Waals surface area contributed by atoms with Gasteiger partial charge in [-0.05, 0) is 12.1 Å². The summed E-state index contributed by atoms with van der Waals surface area (Å²) in [6, 6.07) is 3.34. The van der Waals surface area contributed by atoms with Crippen molar-refractivity contribution in [3.8, 4) is 0 Å². The first-order valence-electron chi connectivity index (χ1n) is 10.7. The molecule has 0 fully saturated rings. The van der Waals surface area contributed by atoms with E-state index in [1.807, 2.05) is 0 Å². The Morgan fingerprint density at radius 2 is 0.927 bits per heavy atom. The largest absolute Gasteiger partial charge is 0.618 e. The van der Waals surface area contributed by atoms with Gasteiger partial charge in [0.2, 0.25) is 5.54 Å². The minimum absolute atomic E-state index is 0. The van der Waals surface area contributed by atoms with E-state index in [1.165, 1.54) is 0 Å². The monoisotopic (exact) mass is 688 g/mol. The molecule has 0 atom stereocenters. The molecular formula is C18H42Cl2N9NiO11-. The average Bonchev–Trinajstić information content (AvgIpc) is 2.94. The molecule has 1 aliphatic rings. The van der Waals surface area contributed by atoms with Gasteiger partial charge in [0.1, 0.15) is 10.3 Å². The smallest absolute Gasteiger partial charge is 0.504 e. The third kappa shape index (κ3) is 28.6. The molecule has 1 aromatic rings. The third-order valence-electron chi connectivity index (χ3n) is 4.34. The molecule has 14 N–H and O–H groups in total. The number of halogens is 2. The molecule has 0 saturated carbocycles. The maximum absolute atomic E-state index is 12.3. The van der Waals surface area contributed by atoms with E-state index in [9.17, 15) is 10.1 Å². The normalized spacial score (nSPS) is 14.2. The molecule has 0 radical (unpaired) electrons. The molecule has 20 nitrogen and oxygen atoms in total. The van der Waals surface area contributed by atoms with Crippen LogP contribution in [0.3, 0.4) is 0 Å². The van der Waals surface area contributed by atoms with E-state index in [2.05, 4.69) is 4.98 Å². The second-order valence-corrected chi connectivity index (χ2v) is 9.27. The van der Waals surface area contributed by atoms with Crippen molar-refractivity contribution in [1.82, 2.24) is 4.98 Å². The zero-order chi connectivity index (χ0) is 32.1. The summed E-state index contributed by atoms with van der Waals surface area (Å²) in [5.41, 5.74) is 28.5. The fourth-order valence-electron chi connectivity index (χ4n) is 1.84. The van der Waals surface area contributed by atoms with Gasteiger partial charge < -0.3 is 45.1 Å². The van der Waals surface area contributed by atoms with Crippen LogP contribution < -0.4 is 71.7 Å². The predicted octanol–water partition coefficient (Wildman–Crippen LogP) is -11.9. The maximum Gasteiger partial charge on any atom is 0.504 e. The van der Waals surface area contributed by atoms with E-state index in [0.29, 0.717) is 44.8 Å². The number of nitroso groups, excluding NO2 is 1. The van der Waals surface area contributed by atoms with Crippen molar-refractivity contribution in [2.75, 3.05) is 39.3 Å². The van der Waals surface area contributed by atoms with Crippen molar-refractivity contribution in [2.45, 2.75) is 38.8 Å². The Balaban J connectivity index is -0.000000106. The Kier molecular flexibility index (Phi) is 33.6. The molecule has 250 valence electrons. The van der Waals surface area contributed by atoms with Crippen molar-refractivity contribution < 1.29 is 89.2 Å². The first-order valence-corrected chi connectivity index (χ1v) is 13.2. The summed E-state index contributed by atoms with van der Waals surface area (Å²) in [5.74, 6) is 0.155. The predicted molar refractivity (Wildman–Crippen MR) is 122 cm³/mol. The molecule has 0 spiro atoms. The van der Waals surface area contributed by atoms with Crippen LogP contribution in [-0.2, 0) is 16.5 Å². The molecule has 1 aliphatic heterocycles. The number of pyridine rings is 1. The first kappa shape index (κ1) is 52.3. The molecule has 0 unspecified atom stereocenters. The van der Waals surface area contributed by atoms with Crippen molar-refractivity contribution in [3.63, 3.8) is 0 Å². The molecule has 1 aromatic heterocycles. The fourth-order valence-corrected chi connectivity index (χ4v) is 1.84. The van der Waals surface area contributed by atoms with E-state index >= 15 is 0 Å². The van der Waals surface area contributed by atoms with E-state index in [1.54, 1.807) is 52.2 Å². The molecule has 0 bridgehead atoms. The number of hydrogen-bond donors (Lipinski definition) is 6. The average molecular weight is 690 g/mol. The zero-order valence-electron chi connectivity index (χ0n) is 23.0. The van der Waals surface area contributed by atoms with Crippen LogP contribution in [0.2, 0.25) is 0 Å². The minimum Gasteiger partial charge on any atom is -0.618 e. The quantitative estimate of drug-likeness (QED) is 0.0970. The molecular weight excluding hydrogens is 648 g/mol. The molecule has 0 aromatic carbocycles. The van der Waals surface area contributed by atoms with Gasteiger partial charge in [-0.3, -0.25) is 4.98 Å². The Labute approximate surface area is 252 Å². The molecule has 0 amide bonds. The topological polar surface area (TPSA) is 431 Å². The van der Waals surface area contributed by atoms with Crippen LogP contribution in [0.5, 0.6) is 0 Å². The Hall–Kier alpha value is -1.31. The van der Waals surface area contributed by atoms with Crippen LogP contribution in [0.1, 0.15) is 33.3 Å². The Morgan fingerprint density at radius 3 is 1.10 bits per heavy atom. The van der Waals surface area contributed by atoms with E-state index in [0.717, 1.165) is 9.50 Å². The summed E-state index contributed by atoms with van der Waals surface area (Å²) >= 11 is 0. The number of nitrogens with zero attached hydrogens (tertiary/aromatic N) is 3. The molecule has 23 heteroatoms. The SMILES string of the molecule is CC1(C)[N+](=O)C(c2ccncc2)=[N+]([O-])C1(C)C.NCCN.NCCN.NCCN.O.[Ni].[O-][Cl+3]([O-])([O-])[O-].[O-][Cl+3]([O-])([O-])[O-]. The van der Waals surface area contributed by atoms with E-state index in [-0.39, 0.29) is 27.8 Å². The summed E-state index contributed by atoms with van der Waals surface area (Å²) in [7, 11) is -9.89. The van der Waals surface area contributed by atoms with Gasteiger partial charge in [-0.25, -0.2) is 37.3 Å². The Bertz CT molecular complexity index is 763. The summed E-state index contributed by atoms with van der Waals surface area (Å²) in [4.78, 5) is 16.2. The van der Waals surface area contributed by atoms with Crippen LogP contribution in [0.25, 0.3) is 0 Å². The van der Waals surface area contributed by atoms with Crippen LogP contribution in [0.15, 0.2) is 24.5 Å². The van der Waals surface area contributed by atoms with Crippen molar-refractivity contribution in [3.05, 3.63) is 40.2 Å². The molecule has 0 saturated heterocycles. The van der Waals surface area contributed by atoms with Gasteiger partial charge >= 0.3 is 5.84 Å². The van der Waals surface area contributed by atoms with Gasteiger partial charge in [0, 0.05) is 101 Å². The number of rotatable bonds is 4. The molecule has 2 heterocycles. The number of aromatic nitrogens is 1. The zero-order valence-corrected chi connectivity index (χ0v) is 25.5. The molecule has 41 heavy (non-hydrogen) atoms. The number of hydrogen-bond acceptors (Lipinski definition) is 17. The van der Waals surface area contributed by atoms with Crippen molar-refractivity contribution in [1.29, 1.82) is 0 Å². The van der Waals surface area contributed by atoms with E-state index in [4.69, 9.17) is 71.7 Å². The first-order chi connectivity index (χ1) is 17.5. The maximum atomic E-state index is 12.3. The van der Waals surface area contributed by atoms with Gasteiger partial charge in [-0.15, -0.1) is 25.2 Å². The summed E-state index contributed by atoms with van der Waals surface area (Å²) in [5, 5.41) is 12.3. The van der Waals surface area contributed by atoms with Crippen LogP contribution >= 0.6 is 0 Å². The second-order valence-electron chi connectivity index (χ2n) is 7.75. The minimum atomic E-state index is -4.94. The third-order valence-corrected chi connectivity index (χ3v) is 4.34. The fraction of sp³-hybridized carbons (Fsp3) is 0.667. The van der Waals surface area contributed by atoms with Crippen molar-refractivity contribution in [2.24, 2.45) is 34.4 Å². The standard InChI is InChI=1S/C12H16N3O2.3C2H8N2.2ClHO4.Ni.H2O/c1-11(2)12(3,4)15(17)10(14(11)16)9-5-7-13-8-6-9;3*3-1-2-4;2*2-1(3,4)5;;/h5-8H,1-4H3;3*1-4H2;2*(H,2,3,4,5);;1H2/q+1;;;;;;;/p-2. The summed E-state index contributed by atoms with van der Waals surface area (Å²) in [6.07, 6.45) is 3.14. The van der Waals surface area contributed by atoms with Gasteiger partial charge in [0.05, 0.1) is 0 Å². The number of amidine groups is 1. The van der Waals surface area contributed by atoms with E-state index < -0.39 is 31.6 Å². The van der Waals surface area contributed by atoms with Crippen LogP contribution in [-0.4, -0.2) is 76.1 Å². The van der Waals surface area contributed by atoms with Crippen LogP contribution in [0.4, 0.5) is 0 Å². The summed E-state index contributed by atoms with van der Waals surface area (Å²) < 4.78 is 69.5. The number of hydroxylamine groups is 1. The van der Waals surface area contributed by atoms with Gasteiger partial charge in [-0.2, -0.15) is 0 Å². The van der Waals surface area contributed by atoms with Crippen LogP contribution in [0, 0.1) is 30.6 Å². The summed E-state index contributed by atoms with van der Waals surface area (Å²) in [6.45, 7) is 10.7. The van der Waals surface area contributed by atoms with Gasteiger partial charge in [0.15, 0.2) is 0 Å². The van der Waals surface area contributed by atoms with Gasteiger partial charge in [-0.1, -0.05) is 0 Å². The number of nitrogens with two attached hydrogens (primary N) is 6.